The van der Waals surface area contributed by atoms with Gasteiger partial charge in [0.2, 0.25) is 11.6 Å². The summed E-state index contributed by atoms with van der Waals surface area (Å²) in [6.45, 7) is 3.32. The lowest BCUT2D eigenvalue weighted by Gasteiger charge is -2.07. The van der Waals surface area contributed by atoms with Crippen LogP contribution in [0.5, 0.6) is 11.5 Å². The molecule has 0 fully saturated rings. The highest BCUT2D eigenvalue weighted by Gasteiger charge is 2.35. The van der Waals surface area contributed by atoms with E-state index in [4.69, 9.17) is 4.74 Å². The maximum Gasteiger partial charge on any atom is 0.451 e. The average molecular weight is 444 g/mol. The van der Waals surface area contributed by atoms with Crippen molar-refractivity contribution in [1.82, 2.24) is 34.9 Å². The Morgan fingerprint density at radius 1 is 1.06 bits per heavy atom. The van der Waals surface area contributed by atoms with Crippen molar-refractivity contribution >= 4 is 11.6 Å². The lowest BCUT2D eigenvalue weighted by molar-refractivity contribution is -0.144. The molecule has 0 aliphatic rings. The molecular weight excluding hydrogens is 429 g/mol. The summed E-state index contributed by atoms with van der Waals surface area (Å²) >= 11 is 0. The first-order chi connectivity index (χ1) is 15.2. The zero-order valence-corrected chi connectivity index (χ0v) is 16.7. The molecule has 10 nitrogen and oxygen atoms in total. The number of carbonyl (C=O) groups excluding carboxylic acids is 1. The monoisotopic (exact) mass is 444 g/mol. The van der Waals surface area contributed by atoms with Gasteiger partial charge in [-0.3, -0.25) is 14.9 Å². The number of anilines is 1. The molecular formula is C19H15F3N8O2. The maximum atomic E-state index is 12.7. The second-order valence-electron chi connectivity index (χ2n) is 6.59. The van der Waals surface area contributed by atoms with Crippen molar-refractivity contribution in [2.24, 2.45) is 0 Å². The minimum absolute atomic E-state index is 0.137. The third-order valence-corrected chi connectivity index (χ3v) is 4.14. The SMILES string of the molecule is Cc1ccc(Oc2ccc(NC(=O)c3nc(C)n(-c4n[nH]c(C(F)(F)F)n4)n3)cc2)cn1. The van der Waals surface area contributed by atoms with Gasteiger partial charge in [-0.25, -0.2) is 4.98 Å². The Hall–Kier alpha value is -4.29. The fraction of sp³-hybridized carbons (Fsp3) is 0.158. The Morgan fingerprint density at radius 3 is 2.41 bits per heavy atom. The number of benzene rings is 1. The number of aromatic amines is 1. The van der Waals surface area contributed by atoms with E-state index in [1.54, 1.807) is 41.6 Å². The minimum atomic E-state index is -4.69. The fourth-order valence-corrected chi connectivity index (χ4v) is 2.59. The molecule has 0 bridgehead atoms. The van der Waals surface area contributed by atoms with E-state index < -0.39 is 17.9 Å². The number of amides is 1. The quantitative estimate of drug-likeness (QED) is 0.483. The van der Waals surface area contributed by atoms with Gasteiger partial charge in [-0.1, -0.05) is 0 Å². The summed E-state index contributed by atoms with van der Waals surface area (Å²) in [7, 11) is 0. The van der Waals surface area contributed by atoms with Crippen LogP contribution < -0.4 is 10.1 Å². The van der Waals surface area contributed by atoms with Crippen LogP contribution in [0, 0.1) is 13.8 Å². The van der Waals surface area contributed by atoms with Gasteiger partial charge in [0.25, 0.3) is 11.9 Å². The molecule has 1 amide bonds. The van der Waals surface area contributed by atoms with Gasteiger partial charge >= 0.3 is 6.18 Å². The Labute approximate surface area is 178 Å². The lowest BCUT2D eigenvalue weighted by atomic mass is 10.3. The average Bonchev–Trinajstić information content (AvgIpc) is 3.38. The van der Waals surface area contributed by atoms with Crippen molar-refractivity contribution in [2.75, 3.05) is 5.32 Å². The first kappa shape index (κ1) is 21.0. The van der Waals surface area contributed by atoms with E-state index in [1.807, 2.05) is 13.0 Å². The van der Waals surface area contributed by atoms with E-state index in [2.05, 4.69) is 30.5 Å². The molecule has 13 heteroatoms. The molecule has 3 aromatic heterocycles. The molecule has 32 heavy (non-hydrogen) atoms. The van der Waals surface area contributed by atoms with Crippen molar-refractivity contribution in [3.63, 3.8) is 0 Å². The van der Waals surface area contributed by atoms with Gasteiger partial charge in [-0.15, -0.1) is 10.2 Å². The number of hydrogen-bond donors (Lipinski definition) is 2. The number of rotatable bonds is 5. The Bertz CT molecular complexity index is 1250. The van der Waals surface area contributed by atoms with Crippen LogP contribution in [0.25, 0.3) is 5.95 Å². The van der Waals surface area contributed by atoms with Gasteiger partial charge in [-0.2, -0.15) is 22.8 Å². The van der Waals surface area contributed by atoms with Crippen LogP contribution in [0.15, 0.2) is 42.6 Å². The molecule has 0 radical (unpaired) electrons. The Kier molecular flexibility index (Phi) is 5.30. The van der Waals surface area contributed by atoms with Crippen LogP contribution in [0.4, 0.5) is 18.9 Å². The molecule has 1 aromatic carbocycles. The molecule has 0 unspecified atom stereocenters. The van der Waals surface area contributed by atoms with Crippen molar-refractivity contribution in [1.29, 1.82) is 0 Å². The number of H-pyrrole nitrogens is 1. The van der Waals surface area contributed by atoms with Crippen LogP contribution >= 0.6 is 0 Å². The molecule has 0 atom stereocenters. The first-order valence-electron chi connectivity index (χ1n) is 9.14. The van der Waals surface area contributed by atoms with Crippen molar-refractivity contribution in [3.05, 3.63) is 65.8 Å². The summed E-state index contributed by atoms with van der Waals surface area (Å²) in [4.78, 5) is 23.9. The van der Waals surface area contributed by atoms with Crippen LogP contribution in [0.1, 0.15) is 28.0 Å². The second kappa shape index (κ2) is 8.09. The number of hydrogen-bond acceptors (Lipinski definition) is 7. The molecule has 0 aliphatic heterocycles. The zero-order chi connectivity index (χ0) is 22.9. The molecule has 0 saturated heterocycles. The van der Waals surface area contributed by atoms with E-state index in [9.17, 15) is 18.0 Å². The number of alkyl halides is 3. The third-order valence-electron chi connectivity index (χ3n) is 4.14. The van der Waals surface area contributed by atoms with Gasteiger partial charge in [-0.05, 0) is 50.2 Å². The summed E-state index contributed by atoms with van der Waals surface area (Å²) in [5.74, 6) is -1.33. The molecule has 4 rings (SSSR count). The van der Waals surface area contributed by atoms with Crippen LogP contribution in [0.3, 0.4) is 0 Å². The molecule has 0 saturated carbocycles. The van der Waals surface area contributed by atoms with Crippen molar-refractivity contribution in [2.45, 2.75) is 20.0 Å². The van der Waals surface area contributed by atoms with Gasteiger partial charge in [0, 0.05) is 11.4 Å². The predicted octanol–water partition coefficient (Wildman–Crippen LogP) is 3.46. The Morgan fingerprint density at radius 2 is 1.78 bits per heavy atom. The number of nitrogens with one attached hydrogen (secondary N) is 2. The first-order valence-corrected chi connectivity index (χ1v) is 9.14. The van der Waals surface area contributed by atoms with Crippen molar-refractivity contribution < 1.29 is 22.7 Å². The summed E-state index contributed by atoms with van der Waals surface area (Å²) in [6.07, 6.45) is -3.09. The highest BCUT2D eigenvalue weighted by molar-refractivity contribution is 6.01. The zero-order valence-electron chi connectivity index (χ0n) is 16.7. The topological polar surface area (TPSA) is 123 Å². The van der Waals surface area contributed by atoms with Gasteiger partial charge in [0.15, 0.2) is 0 Å². The fourth-order valence-electron chi connectivity index (χ4n) is 2.59. The maximum absolute atomic E-state index is 12.7. The van der Waals surface area contributed by atoms with Crippen LogP contribution in [-0.4, -0.2) is 40.8 Å². The normalized spacial score (nSPS) is 11.4. The predicted molar refractivity (Wildman–Crippen MR) is 104 cm³/mol. The standard InChI is InChI=1S/C19H15F3N8O2/c1-10-3-6-14(9-23-10)32-13-7-4-12(5-8-13)25-16(31)15-24-11(2)30(29-15)18-26-17(27-28-18)19(20,21)22/h3-9H,1-2H3,(H,25,31)(H,26,27,28). The number of halogens is 3. The van der Waals surface area contributed by atoms with Gasteiger partial charge < -0.3 is 10.1 Å². The molecule has 0 spiro atoms. The van der Waals surface area contributed by atoms with E-state index in [-0.39, 0.29) is 17.6 Å². The highest BCUT2D eigenvalue weighted by Crippen LogP contribution is 2.26. The van der Waals surface area contributed by atoms with E-state index in [0.29, 0.717) is 17.2 Å². The summed E-state index contributed by atoms with van der Waals surface area (Å²) in [5, 5.41) is 11.8. The molecule has 4 aromatic rings. The largest absolute Gasteiger partial charge is 0.456 e. The van der Waals surface area contributed by atoms with Crippen LogP contribution in [-0.2, 0) is 6.18 Å². The summed E-state index contributed by atoms with van der Waals surface area (Å²) in [6, 6.07) is 10.1. The van der Waals surface area contributed by atoms with Crippen LogP contribution in [0.2, 0.25) is 0 Å². The molecule has 3 heterocycles. The summed E-state index contributed by atoms with van der Waals surface area (Å²) < 4.78 is 44.7. The van der Waals surface area contributed by atoms with Gasteiger partial charge in [0.05, 0.1) is 6.20 Å². The minimum Gasteiger partial charge on any atom is -0.456 e. The second-order valence-corrected chi connectivity index (χ2v) is 6.59. The number of aryl methyl sites for hydroxylation is 2. The lowest BCUT2D eigenvalue weighted by Crippen LogP contribution is -2.14. The van der Waals surface area contributed by atoms with Gasteiger partial charge in [0.1, 0.15) is 17.3 Å². The molecule has 164 valence electrons. The number of ether oxygens (including phenoxy) is 1. The number of aromatic nitrogens is 7. The smallest absolute Gasteiger partial charge is 0.451 e. The number of carbonyl (C=O) groups is 1. The molecule has 0 aliphatic carbocycles. The third kappa shape index (κ3) is 4.55. The number of pyridine rings is 1. The van der Waals surface area contributed by atoms with E-state index in [0.717, 1.165) is 10.4 Å². The van der Waals surface area contributed by atoms with E-state index >= 15 is 0 Å². The molecule has 2 N–H and O–H groups in total. The number of nitrogens with zero attached hydrogens (tertiary/aromatic N) is 6. The Balaban J connectivity index is 1.44. The summed E-state index contributed by atoms with van der Waals surface area (Å²) in [5.41, 5.74) is 1.31. The van der Waals surface area contributed by atoms with E-state index in [1.165, 1.54) is 6.92 Å². The highest BCUT2D eigenvalue weighted by atomic mass is 19.4. The van der Waals surface area contributed by atoms with Crippen molar-refractivity contribution in [3.8, 4) is 17.4 Å².